The molecule has 3 aliphatic rings. The smallest absolute Gasteiger partial charge is 0.339 e. The Morgan fingerprint density at radius 2 is 1.71 bits per heavy atom. The summed E-state index contributed by atoms with van der Waals surface area (Å²) in [6.07, 6.45) is 0.764. The van der Waals surface area contributed by atoms with Crippen molar-refractivity contribution in [2.75, 3.05) is 23.5 Å². The fourth-order valence-electron chi connectivity index (χ4n) is 6.29. The van der Waals surface area contributed by atoms with Gasteiger partial charge in [0.25, 0.3) is 0 Å². The maximum atomic E-state index is 14.4. The standard InChI is InChI=1S/C31H35N3O4/c1-7-38-28(36)26-27(32)34(20-14-12-19(13-15-20)18(2)3)23-16-30(4,5)17-24(35)25(23)31(26)21-10-8-9-11-22(21)33(6)29(31)37/h8-15,18H,7,16-17,32H2,1-6H3. The van der Waals surface area contributed by atoms with E-state index in [2.05, 4.69) is 13.8 Å². The van der Waals surface area contributed by atoms with Crippen molar-refractivity contribution < 1.29 is 19.1 Å². The molecule has 7 heteroatoms. The van der Waals surface area contributed by atoms with Gasteiger partial charge < -0.3 is 15.4 Å². The Labute approximate surface area is 223 Å². The minimum Gasteiger partial charge on any atom is -0.462 e. The van der Waals surface area contributed by atoms with Gasteiger partial charge in [0.1, 0.15) is 16.8 Å². The number of hydrogen-bond donors (Lipinski definition) is 1. The number of esters is 1. The summed E-state index contributed by atoms with van der Waals surface area (Å²) in [5, 5.41) is 0. The van der Waals surface area contributed by atoms with E-state index in [0.29, 0.717) is 34.9 Å². The lowest BCUT2D eigenvalue weighted by molar-refractivity contribution is -0.140. The molecule has 1 spiro atoms. The Hall–Kier alpha value is -3.87. The third-order valence-corrected chi connectivity index (χ3v) is 7.96. The number of allylic oxidation sites excluding steroid dienone is 1. The molecule has 198 valence electrons. The second-order valence-corrected chi connectivity index (χ2v) is 11.5. The van der Waals surface area contributed by atoms with Crippen molar-refractivity contribution in [3.05, 3.63) is 82.3 Å². The molecule has 1 amide bonds. The first-order valence-corrected chi connectivity index (χ1v) is 13.2. The lowest BCUT2D eigenvalue weighted by Gasteiger charge is -2.47. The molecule has 7 nitrogen and oxygen atoms in total. The van der Waals surface area contributed by atoms with E-state index in [1.165, 1.54) is 4.90 Å². The predicted octanol–water partition coefficient (Wildman–Crippen LogP) is 4.92. The number of anilines is 2. The van der Waals surface area contributed by atoms with E-state index in [9.17, 15) is 14.4 Å². The van der Waals surface area contributed by atoms with Crippen LogP contribution in [0.1, 0.15) is 64.5 Å². The Morgan fingerprint density at radius 3 is 2.34 bits per heavy atom. The van der Waals surface area contributed by atoms with Crippen LogP contribution in [0.2, 0.25) is 0 Å². The highest BCUT2D eigenvalue weighted by Gasteiger charge is 2.64. The number of fused-ring (bicyclic) bond motifs is 3. The molecule has 1 aliphatic carbocycles. The SMILES string of the molecule is CCOC(=O)C1=C(N)N(c2ccc(C(C)C)cc2)C2=C(C(=O)CC(C)(C)C2)C12C(=O)N(C)c1ccccc12. The third-order valence-electron chi connectivity index (χ3n) is 7.96. The number of carbonyl (C=O) groups is 3. The number of para-hydroxylation sites is 1. The maximum Gasteiger partial charge on any atom is 0.339 e. The fraction of sp³-hybridized carbons (Fsp3) is 0.387. The summed E-state index contributed by atoms with van der Waals surface area (Å²) in [7, 11) is 1.67. The monoisotopic (exact) mass is 513 g/mol. The van der Waals surface area contributed by atoms with Gasteiger partial charge in [-0.1, -0.05) is 58.0 Å². The quantitative estimate of drug-likeness (QED) is 0.584. The molecule has 2 aromatic rings. The third kappa shape index (κ3) is 3.51. The van der Waals surface area contributed by atoms with Crippen LogP contribution in [-0.2, 0) is 24.5 Å². The van der Waals surface area contributed by atoms with Gasteiger partial charge in [-0.3, -0.25) is 14.5 Å². The first-order chi connectivity index (χ1) is 18.0. The first-order valence-electron chi connectivity index (χ1n) is 13.2. The number of hydrogen-bond acceptors (Lipinski definition) is 6. The molecule has 2 aromatic carbocycles. The number of nitrogens with two attached hydrogens (primary N) is 1. The van der Waals surface area contributed by atoms with Gasteiger partial charge in [0, 0.05) is 41.7 Å². The lowest BCUT2D eigenvalue weighted by Crippen LogP contribution is -2.55. The Bertz CT molecular complexity index is 1420. The molecule has 0 fully saturated rings. The van der Waals surface area contributed by atoms with Crippen LogP contribution < -0.4 is 15.5 Å². The van der Waals surface area contributed by atoms with Crippen LogP contribution in [0.15, 0.2) is 71.2 Å². The summed E-state index contributed by atoms with van der Waals surface area (Å²) >= 11 is 0. The lowest BCUT2D eigenvalue weighted by atomic mass is 9.60. The number of rotatable bonds is 4. The van der Waals surface area contributed by atoms with E-state index in [1.807, 2.05) is 62.4 Å². The summed E-state index contributed by atoms with van der Waals surface area (Å²) in [5.74, 6) is -0.780. The summed E-state index contributed by atoms with van der Waals surface area (Å²) in [6.45, 7) is 10.1. The number of ether oxygens (including phenoxy) is 1. The predicted molar refractivity (Wildman–Crippen MR) is 147 cm³/mol. The van der Waals surface area contributed by atoms with Crippen LogP contribution in [0.3, 0.4) is 0 Å². The minimum atomic E-state index is -1.67. The highest BCUT2D eigenvalue weighted by molar-refractivity contribution is 6.24. The van der Waals surface area contributed by atoms with E-state index in [-0.39, 0.29) is 41.5 Å². The Morgan fingerprint density at radius 1 is 1.05 bits per heavy atom. The van der Waals surface area contributed by atoms with E-state index in [1.54, 1.807) is 18.9 Å². The Kier molecular flexibility index (Phi) is 6.01. The maximum absolute atomic E-state index is 14.4. The molecule has 0 bridgehead atoms. The topological polar surface area (TPSA) is 92.9 Å². The van der Waals surface area contributed by atoms with Crippen molar-refractivity contribution in [3.8, 4) is 0 Å². The summed E-state index contributed by atoms with van der Waals surface area (Å²) < 4.78 is 5.52. The number of benzene rings is 2. The van der Waals surface area contributed by atoms with Gasteiger partial charge in [-0.15, -0.1) is 0 Å². The molecule has 2 heterocycles. The molecule has 2 N–H and O–H groups in total. The van der Waals surface area contributed by atoms with Gasteiger partial charge in [-0.2, -0.15) is 0 Å². The van der Waals surface area contributed by atoms with Crippen LogP contribution in [0.25, 0.3) is 0 Å². The second kappa shape index (κ2) is 8.86. The van der Waals surface area contributed by atoms with Crippen LogP contribution >= 0.6 is 0 Å². The van der Waals surface area contributed by atoms with E-state index < -0.39 is 11.4 Å². The van der Waals surface area contributed by atoms with Gasteiger partial charge >= 0.3 is 5.97 Å². The molecule has 2 aliphatic heterocycles. The number of amides is 1. The molecular formula is C31H35N3O4. The van der Waals surface area contributed by atoms with Crippen LogP contribution in [0, 0.1) is 5.41 Å². The van der Waals surface area contributed by atoms with E-state index in [4.69, 9.17) is 10.5 Å². The van der Waals surface area contributed by atoms with Crippen LogP contribution in [0.5, 0.6) is 0 Å². The average molecular weight is 514 g/mol. The molecule has 38 heavy (non-hydrogen) atoms. The minimum absolute atomic E-state index is 0.000826. The van der Waals surface area contributed by atoms with Crippen LogP contribution in [0.4, 0.5) is 11.4 Å². The largest absolute Gasteiger partial charge is 0.462 e. The number of likely N-dealkylation sites (N-methyl/N-ethyl adjacent to an activating group) is 1. The molecular weight excluding hydrogens is 478 g/mol. The van der Waals surface area contributed by atoms with Crippen molar-refractivity contribution >= 4 is 29.0 Å². The fourth-order valence-corrected chi connectivity index (χ4v) is 6.29. The number of nitrogens with zero attached hydrogens (tertiary/aromatic N) is 2. The average Bonchev–Trinajstić information content (AvgIpc) is 3.06. The van der Waals surface area contributed by atoms with Crippen molar-refractivity contribution in [1.82, 2.24) is 0 Å². The number of ketones is 1. The van der Waals surface area contributed by atoms with Crippen molar-refractivity contribution in [2.24, 2.45) is 11.1 Å². The number of carbonyl (C=O) groups excluding carboxylic acids is 3. The normalized spacial score (nSPS) is 22.4. The van der Waals surface area contributed by atoms with Gasteiger partial charge in [-0.25, -0.2) is 4.79 Å². The van der Waals surface area contributed by atoms with Gasteiger partial charge in [0.05, 0.1) is 6.61 Å². The van der Waals surface area contributed by atoms with E-state index >= 15 is 0 Å². The summed E-state index contributed by atoms with van der Waals surface area (Å²) in [5.41, 5.74) is 9.00. The van der Waals surface area contributed by atoms with E-state index in [0.717, 1.165) is 11.3 Å². The van der Waals surface area contributed by atoms with Gasteiger partial charge in [0.15, 0.2) is 5.78 Å². The van der Waals surface area contributed by atoms with Gasteiger partial charge in [0.2, 0.25) is 5.91 Å². The second-order valence-electron chi connectivity index (χ2n) is 11.5. The van der Waals surface area contributed by atoms with Crippen molar-refractivity contribution in [1.29, 1.82) is 0 Å². The molecule has 1 unspecified atom stereocenters. The highest BCUT2D eigenvalue weighted by atomic mass is 16.5. The van der Waals surface area contributed by atoms with Crippen molar-refractivity contribution in [3.63, 3.8) is 0 Å². The number of Topliss-reactive ketones (excluding diaryl/α,β-unsaturated/α-hetero) is 1. The zero-order valence-electron chi connectivity index (χ0n) is 22.9. The molecule has 0 radical (unpaired) electrons. The summed E-state index contributed by atoms with van der Waals surface area (Å²) in [4.78, 5) is 45.6. The first kappa shape index (κ1) is 25.8. The highest BCUT2D eigenvalue weighted by Crippen LogP contribution is 2.58. The van der Waals surface area contributed by atoms with Gasteiger partial charge in [-0.05, 0) is 48.4 Å². The molecule has 0 saturated carbocycles. The summed E-state index contributed by atoms with van der Waals surface area (Å²) in [6, 6.07) is 15.3. The molecule has 5 rings (SSSR count). The van der Waals surface area contributed by atoms with Crippen LogP contribution in [-0.4, -0.2) is 31.3 Å². The molecule has 0 saturated heterocycles. The zero-order valence-corrected chi connectivity index (χ0v) is 22.9. The van der Waals surface area contributed by atoms with Crippen molar-refractivity contribution in [2.45, 2.75) is 58.8 Å². The zero-order chi connectivity index (χ0) is 27.6. The molecule has 0 aromatic heterocycles. The molecule has 1 atom stereocenters. The Balaban J connectivity index is 1.89.